The van der Waals surface area contributed by atoms with Gasteiger partial charge in [0.25, 0.3) is 11.8 Å². The largest absolute Gasteiger partial charge is 0.491 e. The van der Waals surface area contributed by atoms with Gasteiger partial charge in [-0.15, -0.1) is 0 Å². The second-order valence-corrected chi connectivity index (χ2v) is 10.6. The lowest BCUT2D eigenvalue weighted by atomic mass is 9.73. The van der Waals surface area contributed by atoms with E-state index in [1.165, 1.54) is 11.8 Å². The smallest absolute Gasteiger partial charge is 0.274 e. The number of benzene rings is 1. The Morgan fingerprint density at radius 3 is 2.47 bits per heavy atom. The van der Waals surface area contributed by atoms with Gasteiger partial charge in [0.2, 0.25) is 0 Å². The van der Waals surface area contributed by atoms with Gasteiger partial charge in [0.05, 0.1) is 12.7 Å². The zero-order chi connectivity index (χ0) is 26.5. The number of fused-ring (bicyclic) bond motifs is 1. The fourth-order valence-electron chi connectivity index (χ4n) is 5.66. The fourth-order valence-corrected chi connectivity index (χ4v) is 5.66. The number of carbonyl (C=O) groups excluding carboxylic acids is 2. The van der Waals surface area contributed by atoms with Crippen LogP contribution in [0.4, 0.5) is 0 Å². The highest BCUT2D eigenvalue weighted by Crippen LogP contribution is 2.39. The number of aryl methyl sites for hydroxylation is 3. The maximum atomic E-state index is 13.6. The minimum absolute atomic E-state index is 0.0193. The summed E-state index contributed by atoms with van der Waals surface area (Å²) in [5, 5.41) is 4.39. The van der Waals surface area contributed by atoms with Crippen LogP contribution in [0.25, 0.3) is 0 Å². The summed E-state index contributed by atoms with van der Waals surface area (Å²) in [5.41, 5.74) is 2.93. The van der Waals surface area contributed by atoms with Gasteiger partial charge >= 0.3 is 0 Å². The molecule has 38 heavy (non-hydrogen) atoms. The van der Waals surface area contributed by atoms with Crippen LogP contribution in [-0.4, -0.2) is 74.1 Å². The van der Waals surface area contributed by atoms with Gasteiger partial charge in [-0.05, 0) is 62.1 Å². The topological polar surface area (TPSA) is 93.4 Å². The number of hydrogen-bond acceptors (Lipinski definition) is 6. The van der Waals surface area contributed by atoms with Crippen molar-refractivity contribution in [2.75, 3.05) is 32.8 Å². The van der Waals surface area contributed by atoms with Crippen molar-refractivity contribution in [3.63, 3.8) is 0 Å². The van der Waals surface area contributed by atoms with Gasteiger partial charge in [0.15, 0.2) is 5.69 Å². The number of likely N-dealkylation sites (tertiary alicyclic amines) is 1. The molecule has 2 aliphatic rings. The van der Waals surface area contributed by atoms with Gasteiger partial charge in [-0.1, -0.05) is 24.6 Å². The first kappa shape index (κ1) is 25.9. The third-order valence-electron chi connectivity index (χ3n) is 8.03. The molecule has 2 aromatic heterocycles. The Balaban J connectivity index is 1.36. The van der Waals surface area contributed by atoms with Gasteiger partial charge < -0.3 is 14.5 Å². The number of carbonyl (C=O) groups is 2. The Bertz CT molecular complexity index is 1250. The van der Waals surface area contributed by atoms with E-state index in [1.807, 2.05) is 42.0 Å². The normalized spacial score (nSPS) is 18.2. The van der Waals surface area contributed by atoms with Crippen molar-refractivity contribution in [2.24, 2.45) is 12.5 Å². The number of piperidine rings is 1. The standard InChI is InChI=1S/C29H36N6O3/c1-22-19-24(32-33(22)2)27(36)34-15-11-29(12-16-34)10-6-5-8-23-7-3-4-9-26(23)38-18-17-35(21-29)28(37)25-20-30-13-14-31-25/h3-4,7,9,13-14,19-20H,5-6,8,10-12,15-18,21H2,1-2H3. The van der Waals surface area contributed by atoms with Crippen molar-refractivity contribution < 1.29 is 14.3 Å². The summed E-state index contributed by atoms with van der Waals surface area (Å²) in [5.74, 6) is 0.745. The first-order valence-corrected chi connectivity index (χ1v) is 13.5. The molecule has 0 N–H and O–H groups in total. The highest BCUT2D eigenvalue weighted by molar-refractivity contribution is 5.93. The summed E-state index contributed by atoms with van der Waals surface area (Å²) >= 11 is 0. The summed E-state index contributed by atoms with van der Waals surface area (Å²) in [6.07, 6.45) is 10.4. The highest BCUT2D eigenvalue weighted by atomic mass is 16.5. The molecular formula is C29H36N6O3. The third-order valence-corrected chi connectivity index (χ3v) is 8.03. The van der Waals surface area contributed by atoms with Crippen molar-refractivity contribution in [3.05, 3.63) is 71.6 Å². The second kappa shape index (κ2) is 11.3. The Hall–Kier alpha value is -3.75. The molecule has 0 unspecified atom stereocenters. The van der Waals surface area contributed by atoms with Crippen LogP contribution in [0.15, 0.2) is 48.9 Å². The summed E-state index contributed by atoms with van der Waals surface area (Å²) in [6.45, 7) is 4.73. The zero-order valence-corrected chi connectivity index (χ0v) is 22.3. The van der Waals surface area contributed by atoms with Crippen molar-refractivity contribution in [1.29, 1.82) is 0 Å². The Morgan fingerprint density at radius 2 is 1.74 bits per heavy atom. The van der Waals surface area contributed by atoms with E-state index in [0.717, 1.165) is 50.0 Å². The van der Waals surface area contributed by atoms with E-state index >= 15 is 0 Å². The fraction of sp³-hybridized carbons (Fsp3) is 0.483. The molecule has 9 nitrogen and oxygen atoms in total. The molecule has 0 atom stereocenters. The molecule has 2 amide bonds. The van der Waals surface area contributed by atoms with Crippen LogP contribution in [0.5, 0.6) is 5.75 Å². The maximum absolute atomic E-state index is 13.6. The number of para-hydroxylation sites is 1. The van der Waals surface area contributed by atoms with Crippen LogP contribution >= 0.6 is 0 Å². The van der Waals surface area contributed by atoms with Crippen LogP contribution in [0.3, 0.4) is 0 Å². The van der Waals surface area contributed by atoms with E-state index in [0.29, 0.717) is 44.2 Å². The van der Waals surface area contributed by atoms with E-state index < -0.39 is 0 Å². The summed E-state index contributed by atoms with van der Waals surface area (Å²) in [4.78, 5) is 38.9. The summed E-state index contributed by atoms with van der Waals surface area (Å²) in [6, 6.07) is 10.0. The molecule has 0 radical (unpaired) electrons. The van der Waals surface area contributed by atoms with Gasteiger partial charge in [-0.25, -0.2) is 4.98 Å². The van der Waals surface area contributed by atoms with Crippen LogP contribution < -0.4 is 4.74 Å². The molecule has 3 aromatic rings. The lowest BCUT2D eigenvalue weighted by molar-refractivity contribution is 0.0323. The van der Waals surface area contributed by atoms with E-state index in [4.69, 9.17) is 4.74 Å². The lowest BCUT2D eigenvalue weighted by Gasteiger charge is -2.44. The molecule has 1 fully saturated rings. The molecule has 5 rings (SSSR count). The van der Waals surface area contributed by atoms with E-state index in [2.05, 4.69) is 27.2 Å². The van der Waals surface area contributed by atoms with E-state index in [9.17, 15) is 9.59 Å². The van der Waals surface area contributed by atoms with Crippen molar-refractivity contribution in [2.45, 2.75) is 45.4 Å². The minimum atomic E-state index is -0.131. The second-order valence-electron chi connectivity index (χ2n) is 10.6. The molecule has 0 aliphatic carbocycles. The van der Waals surface area contributed by atoms with Gasteiger partial charge in [0.1, 0.15) is 18.1 Å². The maximum Gasteiger partial charge on any atom is 0.274 e. The predicted molar refractivity (Wildman–Crippen MR) is 143 cm³/mol. The van der Waals surface area contributed by atoms with Crippen LogP contribution in [0, 0.1) is 12.3 Å². The monoisotopic (exact) mass is 516 g/mol. The molecule has 2 aliphatic heterocycles. The Kier molecular flexibility index (Phi) is 7.72. The summed E-state index contributed by atoms with van der Waals surface area (Å²) in [7, 11) is 1.85. The minimum Gasteiger partial charge on any atom is -0.491 e. The van der Waals surface area contributed by atoms with Gasteiger partial charge in [-0.3, -0.25) is 19.3 Å². The van der Waals surface area contributed by atoms with Crippen LogP contribution in [0.1, 0.15) is 64.3 Å². The van der Waals surface area contributed by atoms with E-state index in [-0.39, 0.29) is 17.2 Å². The molecule has 1 saturated heterocycles. The molecule has 0 saturated carbocycles. The molecule has 1 aromatic carbocycles. The lowest BCUT2D eigenvalue weighted by Crippen LogP contribution is -2.50. The number of nitrogens with zero attached hydrogens (tertiary/aromatic N) is 6. The summed E-state index contributed by atoms with van der Waals surface area (Å²) < 4.78 is 7.91. The first-order chi connectivity index (χ1) is 18.4. The van der Waals surface area contributed by atoms with Gasteiger partial charge in [-0.2, -0.15) is 5.10 Å². The quantitative estimate of drug-likeness (QED) is 0.516. The number of hydrogen-bond donors (Lipinski definition) is 0. The third kappa shape index (κ3) is 5.71. The average molecular weight is 517 g/mol. The average Bonchev–Trinajstić information content (AvgIpc) is 3.28. The van der Waals surface area contributed by atoms with Crippen LogP contribution in [-0.2, 0) is 13.5 Å². The number of rotatable bonds is 2. The Morgan fingerprint density at radius 1 is 0.947 bits per heavy atom. The van der Waals surface area contributed by atoms with Crippen molar-refractivity contribution in [1.82, 2.24) is 29.5 Å². The highest BCUT2D eigenvalue weighted by Gasteiger charge is 2.39. The van der Waals surface area contributed by atoms with Crippen molar-refractivity contribution >= 4 is 11.8 Å². The number of ether oxygens (including phenoxy) is 1. The molecule has 200 valence electrons. The molecule has 1 spiro atoms. The Labute approximate surface area is 223 Å². The molecular weight excluding hydrogens is 480 g/mol. The number of amides is 2. The number of aromatic nitrogens is 4. The molecule has 4 heterocycles. The SMILES string of the molecule is Cc1cc(C(=O)N2CCC3(CCCCc4ccccc4OCCN(C(=O)c4cnccn4)C3)CC2)nn1C. The first-order valence-electron chi connectivity index (χ1n) is 13.5. The zero-order valence-electron chi connectivity index (χ0n) is 22.3. The molecule has 9 heteroatoms. The predicted octanol–water partition coefficient (Wildman–Crippen LogP) is 3.69. The molecule has 0 bridgehead atoms. The van der Waals surface area contributed by atoms with Gasteiger partial charge in [0, 0.05) is 44.8 Å². The van der Waals surface area contributed by atoms with E-state index in [1.54, 1.807) is 17.1 Å². The van der Waals surface area contributed by atoms with Crippen molar-refractivity contribution in [3.8, 4) is 5.75 Å². The van der Waals surface area contributed by atoms with Crippen LogP contribution in [0.2, 0.25) is 0 Å².